The van der Waals surface area contributed by atoms with Gasteiger partial charge >= 0.3 is 0 Å². The van der Waals surface area contributed by atoms with Crippen LogP contribution in [0.4, 0.5) is 0 Å². The van der Waals surface area contributed by atoms with E-state index in [1.807, 2.05) is 29.5 Å². The molecular formula is C21H28N2OS. The van der Waals surface area contributed by atoms with Gasteiger partial charge in [0.1, 0.15) is 0 Å². The van der Waals surface area contributed by atoms with E-state index in [0.29, 0.717) is 11.9 Å². The van der Waals surface area contributed by atoms with Crippen molar-refractivity contribution in [2.45, 2.75) is 51.6 Å². The number of thiophene rings is 1. The number of nitrogens with one attached hydrogen (secondary N) is 1. The van der Waals surface area contributed by atoms with E-state index >= 15 is 0 Å². The largest absolute Gasteiger partial charge is 0.342 e. The molecule has 1 unspecified atom stereocenters. The van der Waals surface area contributed by atoms with Crippen molar-refractivity contribution in [2.24, 2.45) is 0 Å². The predicted octanol–water partition coefficient (Wildman–Crippen LogP) is 4.33. The van der Waals surface area contributed by atoms with Gasteiger partial charge in [-0.25, -0.2) is 0 Å². The first kappa shape index (κ1) is 18.2. The van der Waals surface area contributed by atoms with Gasteiger partial charge in [0.05, 0.1) is 5.92 Å². The minimum atomic E-state index is -0.000484. The molecule has 134 valence electrons. The van der Waals surface area contributed by atoms with Gasteiger partial charge in [0.25, 0.3) is 0 Å². The van der Waals surface area contributed by atoms with Crippen molar-refractivity contribution in [3.63, 3.8) is 0 Å². The fourth-order valence-corrected chi connectivity index (χ4v) is 4.44. The van der Waals surface area contributed by atoms with Crippen LogP contribution in [-0.4, -0.2) is 29.9 Å². The molecule has 1 aromatic carbocycles. The van der Waals surface area contributed by atoms with Crippen LogP contribution in [0.25, 0.3) is 0 Å². The van der Waals surface area contributed by atoms with E-state index in [-0.39, 0.29) is 5.92 Å². The summed E-state index contributed by atoms with van der Waals surface area (Å²) in [5.41, 5.74) is 2.52. The second kappa shape index (κ2) is 8.63. The highest BCUT2D eigenvalue weighted by molar-refractivity contribution is 7.10. The van der Waals surface area contributed by atoms with Crippen molar-refractivity contribution >= 4 is 17.2 Å². The van der Waals surface area contributed by atoms with Gasteiger partial charge in [-0.15, -0.1) is 11.3 Å². The number of amides is 1. The van der Waals surface area contributed by atoms with Crippen LogP contribution in [-0.2, 0) is 11.3 Å². The molecule has 3 nitrogen and oxygen atoms in total. The first-order valence-corrected chi connectivity index (χ1v) is 10.2. The maximum Gasteiger partial charge on any atom is 0.230 e. The molecule has 1 saturated heterocycles. The van der Waals surface area contributed by atoms with Gasteiger partial charge in [-0.2, -0.15) is 0 Å². The lowest BCUT2D eigenvalue weighted by Gasteiger charge is -2.34. The molecule has 1 aliphatic heterocycles. The van der Waals surface area contributed by atoms with E-state index in [0.717, 1.165) is 44.5 Å². The molecule has 2 aromatic rings. The van der Waals surface area contributed by atoms with E-state index in [4.69, 9.17) is 0 Å². The van der Waals surface area contributed by atoms with E-state index in [9.17, 15) is 4.79 Å². The molecule has 1 aromatic heterocycles. The minimum absolute atomic E-state index is 0.000484. The van der Waals surface area contributed by atoms with Crippen LogP contribution in [0.3, 0.4) is 0 Å². The van der Waals surface area contributed by atoms with Gasteiger partial charge in [-0.05, 0) is 48.8 Å². The number of likely N-dealkylation sites (tertiary alicyclic amines) is 1. The number of aryl methyl sites for hydroxylation is 1. The zero-order valence-electron chi connectivity index (χ0n) is 15.2. The fraction of sp³-hybridized carbons (Fsp3) is 0.476. The van der Waals surface area contributed by atoms with Gasteiger partial charge < -0.3 is 10.2 Å². The quantitative estimate of drug-likeness (QED) is 0.835. The number of hydrogen-bond donors (Lipinski definition) is 1. The summed E-state index contributed by atoms with van der Waals surface area (Å²) in [7, 11) is 0. The van der Waals surface area contributed by atoms with Crippen LogP contribution in [0.15, 0.2) is 41.8 Å². The Kier molecular flexibility index (Phi) is 6.27. The summed E-state index contributed by atoms with van der Waals surface area (Å²) in [5, 5.41) is 5.83. The Morgan fingerprint density at radius 3 is 2.56 bits per heavy atom. The molecule has 0 bridgehead atoms. The van der Waals surface area contributed by atoms with Crippen LogP contribution < -0.4 is 5.32 Å². The van der Waals surface area contributed by atoms with Crippen LogP contribution in [0.5, 0.6) is 0 Å². The molecule has 0 radical (unpaired) electrons. The topological polar surface area (TPSA) is 32.3 Å². The van der Waals surface area contributed by atoms with Gasteiger partial charge in [0.2, 0.25) is 5.91 Å². The van der Waals surface area contributed by atoms with E-state index in [2.05, 4.69) is 47.6 Å². The Labute approximate surface area is 155 Å². The number of rotatable bonds is 6. The average molecular weight is 357 g/mol. The molecule has 0 spiro atoms. The summed E-state index contributed by atoms with van der Waals surface area (Å²) >= 11 is 1.82. The van der Waals surface area contributed by atoms with Crippen molar-refractivity contribution in [2.75, 3.05) is 13.1 Å². The minimum Gasteiger partial charge on any atom is -0.342 e. The Morgan fingerprint density at radius 2 is 1.96 bits per heavy atom. The molecule has 25 heavy (non-hydrogen) atoms. The third kappa shape index (κ3) is 4.50. The van der Waals surface area contributed by atoms with Gasteiger partial charge in [-0.1, -0.05) is 37.3 Å². The van der Waals surface area contributed by atoms with Crippen molar-refractivity contribution < 1.29 is 4.79 Å². The highest BCUT2D eigenvalue weighted by Gasteiger charge is 2.28. The van der Waals surface area contributed by atoms with Crippen molar-refractivity contribution in [1.29, 1.82) is 0 Å². The van der Waals surface area contributed by atoms with Crippen LogP contribution in [0.2, 0.25) is 0 Å². The molecule has 1 amide bonds. The van der Waals surface area contributed by atoms with E-state index in [1.54, 1.807) is 0 Å². The standard InChI is InChI=1S/C21H28N2OS/c1-3-19(17-7-5-4-6-8-17)21(24)23-12-9-18(10-13-23)22-15-20-16(2)11-14-25-20/h4-8,11,14,18-19,22H,3,9-10,12-13,15H2,1-2H3. The maximum atomic E-state index is 12.9. The summed E-state index contributed by atoms with van der Waals surface area (Å²) in [4.78, 5) is 16.4. The van der Waals surface area contributed by atoms with E-state index in [1.165, 1.54) is 10.4 Å². The van der Waals surface area contributed by atoms with Gasteiger partial charge in [0.15, 0.2) is 0 Å². The highest BCUT2D eigenvalue weighted by Crippen LogP contribution is 2.24. The summed E-state index contributed by atoms with van der Waals surface area (Å²) < 4.78 is 0. The lowest BCUT2D eigenvalue weighted by atomic mass is 9.93. The van der Waals surface area contributed by atoms with E-state index < -0.39 is 0 Å². The first-order valence-electron chi connectivity index (χ1n) is 9.29. The maximum absolute atomic E-state index is 12.9. The predicted molar refractivity (Wildman–Crippen MR) is 105 cm³/mol. The van der Waals surface area contributed by atoms with Crippen molar-refractivity contribution in [3.05, 3.63) is 57.8 Å². The Bertz CT molecular complexity index is 674. The van der Waals surface area contributed by atoms with Crippen LogP contribution >= 0.6 is 11.3 Å². The first-order chi connectivity index (χ1) is 12.2. The van der Waals surface area contributed by atoms with Gasteiger partial charge in [-0.3, -0.25) is 4.79 Å². The number of carbonyl (C=O) groups is 1. The molecule has 0 aliphatic carbocycles. The lowest BCUT2D eigenvalue weighted by Crippen LogP contribution is -2.46. The zero-order valence-corrected chi connectivity index (χ0v) is 16.0. The Balaban J connectivity index is 1.51. The summed E-state index contributed by atoms with van der Waals surface area (Å²) in [6.07, 6.45) is 2.95. The summed E-state index contributed by atoms with van der Waals surface area (Å²) in [6, 6.07) is 12.9. The normalized spacial score (nSPS) is 16.8. The Hall–Kier alpha value is -1.65. The number of piperidine rings is 1. The smallest absolute Gasteiger partial charge is 0.230 e. The monoisotopic (exact) mass is 356 g/mol. The molecule has 3 rings (SSSR count). The number of carbonyl (C=O) groups excluding carboxylic acids is 1. The van der Waals surface area contributed by atoms with Crippen molar-refractivity contribution in [3.8, 4) is 0 Å². The number of nitrogens with zero attached hydrogens (tertiary/aromatic N) is 1. The third-order valence-electron chi connectivity index (χ3n) is 5.23. The molecule has 1 fully saturated rings. The fourth-order valence-electron chi connectivity index (χ4n) is 3.58. The number of hydrogen-bond acceptors (Lipinski definition) is 3. The molecule has 1 N–H and O–H groups in total. The zero-order chi connectivity index (χ0) is 17.6. The summed E-state index contributed by atoms with van der Waals surface area (Å²) in [6.45, 7) is 6.95. The van der Waals surface area contributed by atoms with Gasteiger partial charge in [0, 0.05) is 30.6 Å². The second-order valence-corrected chi connectivity index (χ2v) is 7.88. The molecule has 0 saturated carbocycles. The SMILES string of the molecule is CCC(C(=O)N1CCC(NCc2sccc2C)CC1)c1ccccc1. The Morgan fingerprint density at radius 1 is 1.24 bits per heavy atom. The molecule has 2 heterocycles. The second-order valence-electron chi connectivity index (χ2n) is 6.88. The van der Waals surface area contributed by atoms with Crippen LogP contribution in [0.1, 0.15) is 48.1 Å². The third-order valence-corrected chi connectivity index (χ3v) is 6.26. The molecule has 4 heteroatoms. The molecule has 1 atom stereocenters. The average Bonchev–Trinajstić information content (AvgIpc) is 3.07. The molecular weight excluding hydrogens is 328 g/mol. The van der Waals surface area contributed by atoms with Crippen LogP contribution in [0, 0.1) is 6.92 Å². The summed E-state index contributed by atoms with van der Waals surface area (Å²) in [5.74, 6) is 0.292. The lowest BCUT2D eigenvalue weighted by molar-refractivity contribution is -0.134. The van der Waals surface area contributed by atoms with Crippen molar-refractivity contribution in [1.82, 2.24) is 10.2 Å². The number of benzene rings is 1. The molecule has 1 aliphatic rings. The highest BCUT2D eigenvalue weighted by atomic mass is 32.1.